The molecule has 0 atom stereocenters. The second-order valence-electron chi connectivity index (χ2n) is 6.38. The van der Waals surface area contributed by atoms with E-state index in [0.717, 1.165) is 42.3 Å². The Labute approximate surface area is 135 Å². The molecular weight excluding hydrogens is 330 g/mol. The number of hydrogen-bond donors (Lipinski definition) is 1. The van der Waals surface area contributed by atoms with Crippen LogP contribution in [0.4, 0.5) is 5.69 Å². The Morgan fingerprint density at radius 1 is 1.38 bits per heavy atom. The molecule has 1 aliphatic carbocycles. The Bertz CT molecular complexity index is 508. The Hall–Kier alpha value is -1.03. The van der Waals surface area contributed by atoms with Gasteiger partial charge in [0.05, 0.1) is 12.8 Å². The van der Waals surface area contributed by atoms with Crippen molar-refractivity contribution in [2.45, 2.75) is 46.0 Å². The molecule has 116 valence electrons. The number of halogens is 1. The summed E-state index contributed by atoms with van der Waals surface area (Å²) < 4.78 is 6.28. The quantitative estimate of drug-likeness (QED) is 0.808. The standard InChI is InChI=1S/C17H24BrNO2/c1-12(2)11-17(8-4-5-9-17)16(20)19-14-10-13(18)6-7-15(14)21-3/h6-7,10,12H,4-5,8-9,11H2,1-3H3,(H,19,20). The van der Waals surface area contributed by atoms with E-state index in [0.29, 0.717) is 11.7 Å². The van der Waals surface area contributed by atoms with Gasteiger partial charge in [0.1, 0.15) is 5.75 Å². The fraction of sp³-hybridized carbons (Fsp3) is 0.588. The summed E-state index contributed by atoms with van der Waals surface area (Å²) in [6, 6.07) is 5.67. The zero-order valence-electron chi connectivity index (χ0n) is 13.0. The maximum absolute atomic E-state index is 12.9. The van der Waals surface area contributed by atoms with E-state index < -0.39 is 0 Å². The third-order valence-electron chi connectivity index (χ3n) is 4.25. The van der Waals surface area contributed by atoms with Gasteiger partial charge in [-0.05, 0) is 43.4 Å². The number of methoxy groups -OCH3 is 1. The summed E-state index contributed by atoms with van der Waals surface area (Å²) >= 11 is 3.45. The third-order valence-corrected chi connectivity index (χ3v) is 4.74. The molecule has 0 heterocycles. The van der Waals surface area contributed by atoms with Gasteiger partial charge in [0.2, 0.25) is 5.91 Å². The molecule has 0 saturated heterocycles. The molecule has 1 aromatic rings. The minimum atomic E-state index is -0.207. The number of rotatable bonds is 5. The van der Waals surface area contributed by atoms with Crippen LogP contribution in [-0.4, -0.2) is 13.0 Å². The average Bonchev–Trinajstić information content (AvgIpc) is 2.88. The second-order valence-corrected chi connectivity index (χ2v) is 7.30. The van der Waals surface area contributed by atoms with Crippen molar-refractivity contribution >= 4 is 27.5 Å². The van der Waals surface area contributed by atoms with Gasteiger partial charge in [0.15, 0.2) is 0 Å². The molecule has 1 aliphatic rings. The fourth-order valence-electron chi connectivity index (χ4n) is 3.39. The number of hydrogen-bond acceptors (Lipinski definition) is 2. The van der Waals surface area contributed by atoms with Crippen LogP contribution in [0.3, 0.4) is 0 Å². The molecular formula is C17H24BrNO2. The van der Waals surface area contributed by atoms with Crippen molar-refractivity contribution < 1.29 is 9.53 Å². The number of carbonyl (C=O) groups excluding carboxylic acids is 1. The molecule has 1 saturated carbocycles. The van der Waals surface area contributed by atoms with Crippen LogP contribution in [0.1, 0.15) is 46.0 Å². The lowest BCUT2D eigenvalue weighted by Gasteiger charge is -2.29. The van der Waals surface area contributed by atoms with Gasteiger partial charge in [0, 0.05) is 9.89 Å². The molecule has 3 nitrogen and oxygen atoms in total. The van der Waals surface area contributed by atoms with Crippen LogP contribution in [-0.2, 0) is 4.79 Å². The lowest BCUT2D eigenvalue weighted by molar-refractivity contribution is -0.126. The Morgan fingerprint density at radius 3 is 2.62 bits per heavy atom. The summed E-state index contributed by atoms with van der Waals surface area (Å²) in [5, 5.41) is 3.10. The summed E-state index contributed by atoms with van der Waals surface area (Å²) in [5.74, 6) is 1.37. The summed E-state index contributed by atoms with van der Waals surface area (Å²) in [6.45, 7) is 4.38. The van der Waals surface area contributed by atoms with E-state index in [9.17, 15) is 4.79 Å². The monoisotopic (exact) mass is 353 g/mol. The first kappa shape index (κ1) is 16.3. The molecule has 1 N–H and O–H groups in total. The molecule has 0 radical (unpaired) electrons. The average molecular weight is 354 g/mol. The minimum Gasteiger partial charge on any atom is -0.495 e. The first-order chi connectivity index (χ1) is 9.97. The van der Waals surface area contributed by atoms with Gasteiger partial charge < -0.3 is 10.1 Å². The van der Waals surface area contributed by atoms with Gasteiger partial charge in [-0.3, -0.25) is 4.79 Å². The highest BCUT2D eigenvalue weighted by Gasteiger charge is 2.41. The van der Waals surface area contributed by atoms with Crippen molar-refractivity contribution in [3.63, 3.8) is 0 Å². The van der Waals surface area contributed by atoms with E-state index in [1.165, 1.54) is 0 Å². The van der Waals surface area contributed by atoms with Crippen LogP contribution >= 0.6 is 15.9 Å². The summed E-state index contributed by atoms with van der Waals surface area (Å²) in [7, 11) is 1.62. The molecule has 1 aromatic carbocycles. The van der Waals surface area contributed by atoms with Gasteiger partial charge in [-0.2, -0.15) is 0 Å². The molecule has 4 heteroatoms. The smallest absolute Gasteiger partial charge is 0.230 e. The van der Waals surface area contributed by atoms with Gasteiger partial charge >= 0.3 is 0 Å². The minimum absolute atomic E-state index is 0.144. The molecule has 1 amide bonds. The van der Waals surface area contributed by atoms with Crippen molar-refractivity contribution in [3.05, 3.63) is 22.7 Å². The highest BCUT2D eigenvalue weighted by Crippen LogP contribution is 2.44. The number of benzene rings is 1. The first-order valence-electron chi connectivity index (χ1n) is 7.62. The van der Waals surface area contributed by atoms with Gasteiger partial charge in [-0.25, -0.2) is 0 Å². The molecule has 0 spiro atoms. The van der Waals surface area contributed by atoms with E-state index >= 15 is 0 Å². The number of nitrogens with one attached hydrogen (secondary N) is 1. The van der Waals surface area contributed by atoms with E-state index in [4.69, 9.17) is 4.74 Å². The zero-order chi connectivity index (χ0) is 15.5. The number of anilines is 1. The Morgan fingerprint density at radius 2 is 2.05 bits per heavy atom. The second kappa shape index (κ2) is 6.82. The largest absolute Gasteiger partial charge is 0.495 e. The van der Waals surface area contributed by atoms with E-state index in [1.54, 1.807) is 7.11 Å². The van der Waals surface area contributed by atoms with Crippen molar-refractivity contribution in [2.75, 3.05) is 12.4 Å². The van der Waals surface area contributed by atoms with Crippen LogP contribution < -0.4 is 10.1 Å². The first-order valence-corrected chi connectivity index (χ1v) is 8.41. The Balaban J connectivity index is 2.21. The maximum atomic E-state index is 12.9. The number of amides is 1. The van der Waals surface area contributed by atoms with Crippen LogP contribution in [0, 0.1) is 11.3 Å². The molecule has 1 fully saturated rings. The van der Waals surface area contributed by atoms with E-state index in [2.05, 4.69) is 35.1 Å². The van der Waals surface area contributed by atoms with Crippen molar-refractivity contribution in [1.82, 2.24) is 0 Å². The maximum Gasteiger partial charge on any atom is 0.230 e. The third kappa shape index (κ3) is 3.79. The van der Waals surface area contributed by atoms with Crippen LogP contribution in [0.5, 0.6) is 5.75 Å². The van der Waals surface area contributed by atoms with Gasteiger partial charge in [-0.15, -0.1) is 0 Å². The molecule has 0 bridgehead atoms. The summed E-state index contributed by atoms with van der Waals surface area (Å²) in [5.41, 5.74) is 0.536. The predicted molar refractivity (Wildman–Crippen MR) is 89.7 cm³/mol. The highest BCUT2D eigenvalue weighted by atomic mass is 79.9. The zero-order valence-corrected chi connectivity index (χ0v) is 14.6. The highest BCUT2D eigenvalue weighted by molar-refractivity contribution is 9.10. The van der Waals surface area contributed by atoms with Crippen molar-refractivity contribution in [1.29, 1.82) is 0 Å². The molecule has 21 heavy (non-hydrogen) atoms. The van der Waals surface area contributed by atoms with E-state index in [1.807, 2.05) is 18.2 Å². The molecule has 0 aliphatic heterocycles. The SMILES string of the molecule is COc1ccc(Br)cc1NC(=O)C1(CC(C)C)CCCC1. The van der Waals surface area contributed by atoms with Gasteiger partial charge in [-0.1, -0.05) is 42.6 Å². The number of carbonyl (C=O) groups is 1. The summed E-state index contributed by atoms with van der Waals surface area (Å²) in [4.78, 5) is 12.9. The topological polar surface area (TPSA) is 38.3 Å². The van der Waals surface area contributed by atoms with E-state index in [-0.39, 0.29) is 11.3 Å². The van der Waals surface area contributed by atoms with Crippen LogP contribution in [0.2, 0.25) is 0 Å². The normalized spacial score (nSPS) is 17.0. The lowest BCUT2D eigenvalue weighted by atomic mass is 9.77. The summed E-state index contributed by atoms with van der Waals surface area (Å²) in [6.07, 6.45) is 5.24. The van der Waals surface area contributed by atoms with Crippen molar-refractivity contribution in [2.24, 2.45) is 11.3 Å². The van der Waals surface area contributed by atoms with Crippen molar-refractivity contribution in [3.8, 4) is 5.75 Å². The lowest BCUT2D eigenvalue weighted by Crippen LogP contribution is -2.35. The Kier molecular flexibility index (Phi) is 5.31. The fourth-order valence-corrected chi connectivity index (χ4v) is 3.75. The van der Waals surface area contributed by atoms with Crippen LogP contribution in [0.25, 0.3) is 0 Å². The predicted octanol–water partition coefficient (Wildman–Crippen LogP) is 5.00. The number of ether oxygens (including phenoxy) is 1. The molecule has 0 aromatic heterocycles. The van der Waals surface area contributed by atoms with Crippen LogP contribution in [0.15, 0.2) is 22.7 Å². The molecule has 2 rings (SSSR count). The molecule has 0 unspecified atom stereocenters. The van der Waals surface area contributed by atoms with Gasteiger partial charge in [0.25, 0.3) is 0 Å².